The van der Waals surface area contributed by atoms with Gasteiger partial charge in [0.05, 0.1) is 6.04 Å². The summed E-state index contributed by atoms with van der Waals surface area (Å²) in [5.74, 6) is 0. The number of unbranched alkanes of at least 4 members (excludes halogenated alkanes) is 1. The largest absolute Gasteiger partial charge is 0.396 e. The van der Waals surface area contributed by atoms with E-state index in [1.807, 2.05) is 0 Å². The van der Waals surface area contributed by atoms with Gasteiger partial charge in [0.25, 0.3) is 0 Å². The third kappa shape index (κ3) is 2.26. The number of aliphatic hydroxyl groups is 1. The van der Waals surface area contributed by atoms with E-state index in [9.17, 15) is 0 Å². The van der Waals surface area contributed by atoms with Crippen LogP contribution in [0.3, 0.4) is 0 Å². The van der Waals surface area contributed by atoms with Crippen LogP contribution in [-0.4, -0.2) is 30.2 Å². The molecule has 0 aliphatic heterocycles. The first kappa shape index (κ1) is 13.3. The lowest BCUT2D eigenvalue weighted by atomic mass is 10.0. The summed E-state index contributed by atoms with van der Waals surface area (Å²) in [6, 6.07) is 17.7. The zero-order valence-corrected chi connectivity index (χ0v) is 11.9. The summed E-state index contributed by atoms with van der Waals surface area (Å²) in [6.45, 7) is 1.29. The van der Waals surface area contributed by atoms with Crippen molar-refractivity contribution in [1.82, 2.24) is 4.90 Å². The molecule has 0 fully saturated rings. The first-order valence-electron chi connectivity index (χ1n) is 7.32. The van der Waals surface area contributed by atoms with E-state index in [2.05, 4.69) is 60.5 Å². The monoisotopic (exact) mass is 267 g/mol. The number of rotatable bonds is 5. The Labute approximate surface area is 120 Å². The van der Waals surface area contributed by atoms with Crippen LogP contribution in [0.4, 0.5) is 0 Å². The highest BCUT2D eigenvalue weighted by Gasteiger charge is 2.30. The van der Waals surface area contributed by atoms with Gasteiger partial charge < -0.3 is 5.11 Å². The predicted molar refractivity (Wildman–Crippen MR) is 82.7 cm³/mol. The van der Waals surface area contributed by atoms with Gasteiger partial charge in [-0.1, -0.05) is 48.5 Å². The summed E-state index contributed by atoms with van der Waals surface area (Å²) >= 11 is 0. The number of hydrogen-bond acceptors (Lipinski definition) is 2. The Morgan fingerprint density at radius 3 is 2.00 bits per heavy atom. The number of benzene rings is 2. The Kier molecular flexibility index (Phi) is 3.86. The second-order valence-corrected chi connectivity index (χ2v) is 5.49. The second kappa shape index (κ2) is 5.78. The van der Waals surface area contributed by atoms with Gasteiger partial charge in [-0.3, -0.25) is 4.90 Å². The van der Waals surface area contributed by atoms with Crippen LogP contribution in [0.1, 0.15) is 30.0 Å². The van der Waals surface area contributed by atoms with Gasteiger partial charge in [-0.15, -0.1) is 0 Å². The maximum Gasteiger partial charge on any atom is 0.0611 e. The fraction of sp³-hybridized carbons (Fsp3) is 0.333. The van der Waals surface area contributed by atoms with E-state index in [1.165, 1.54) is 22.3 Å². The molecule has 1 N–H and O–H groups in total. The summed E-state index contributed by atoms with van der Waals surface area (Å²) in [4.78, 5) is 2.40. The highest BCUT2D eigenvalue weighted by Crippen LogP contribution is 2.45. The highest BCUT2D eigenvalue weighted by molar-refractivity contribution is 5.78. The average Bonchev–Trinajstić information content (AvgIpc) is 2.82. The quantitative estimate of drug-likeness (QED) is 0.839. The van der Waals surface area contributed by atoms with E-state index in [0.717, 1.165) is 19.4 Å². The van der Waals surface area contributed by atoms with Crippen molar-refractivity contribution in [3.63, 3.8) is 0 Å². The molecule has 1 aliphatic rings. The Morgan fingerprint density at radius 1 is 0.900 bits per heavy atom. The van der Waals surface area contributed by atoms with Gasteiger partial charge in [-0.25, -0.2) is 0 Å². The van der Waals surface area contributed by atoms with Crippen LogP contribution in [-0.2, 0) is 0 Å². The topological polar surface area (TPSA) is 23.5 Å². The molecule has 0 saturated heterocycles. The molecule has 0 heterocycles. The molecule has 3 rings (SSSR count). The number of nitrogens with zero attached hydrogens (tertiary/aromatic N) is 1. The van der Waals surface area contributed by atoms with Crippen LogP contribution < -0.4 is 0 Å². The van der Waals surface area contributed by atoms with Gasteiger partial charge in [0.2, 0.25) is 0 Å². The molecule has 20 heavy (non-hydrogen) atoms. The Hall–Kier alpha value is -1.64. The van der Waals surface area contributed by atoms with Crippen LogP contribution in [0.15, 0.2) is 48.5 Å². The minimum atomic E-state index is 0.283. The van der Waals surface area contributed by atoms with E-state index in [1.54, 1.807) is 0 Å². The fourth-order valence-electron chi connectivity index (χ4n) is 3.21. The lowest BCUT2D eigenvalue weighted by Gasteiger charge is -2.26. The molecule has 0 spiro atoms. The molecule has 2 nitrogen and oxygen atoms in total. The van der Waals surface area contributed by atoms with Crippen molar-refractivity contribution < 1.29 is 5.11 Å². The van der Waals surface area contributed by atoms with Crippen LogP contribution in [0.25, 0.3) is 11.1 Å². The van der Waals surface area contributed by atoms with E-state index in [-0.39, 0.29) is 6.61 Å². The zero-order chi connectivity index (χ0) is 13.9. The van der Waals surface area contributed by atoms with E-state index >= 15 is 0 Å². The molecule has 2 aromatic rings. The second-order valence-electron chi connectivity index (χ2n) is 5.49. The smallest absolute Gasteiger partial charge is 0.0611 e. The Morgan fingerprint density at radius 2 is 1.45 bits per heavy atom. The molecular weight excluding hydrogens is 246 g/mol. The van der Waals surface area contributed by atoms with Crippen LogP contribution >= 0.6 is 0 Å². The first-order valence-corrected chi connectivity index (χ1v) is 7.32. The number of hydrogen-bond donors (Lipinski definition) is 1. The van der Waals surface area contributed by atoms with Crippen LogP contribution in [0.2, 0.25) is 0 Å². The zero-order valence-electron chi connectivity index (χ0n) is 11.9. The third-order valence-corrected chi connectivity index (χ3v) is 4.16. The average molecular weight is 267 g/mol. The lowest BCUT2D eigenvalue weighted by molar-refractivity contribution is 0.245. The molecule has 104 valence electrons. The molecular formula is C18H21NO. The van der Waals surface area contributed by atoms with Gasteiger partial charge in [0.1, 0.15) is 0 Å². The summed E-state index contributed by atoms with van der Waals surface area (Å²) < 4.78 is 0. The minimum absolute atomic E-state index is 0.283. The number of aliphatic hydroxyl groups excluding tert-OH is 1. The van der Waals surface area contributed by atoms with E-state index < -0.39 is 0 Å². The molecule has 1 aliphatic carbocycles. The van der Waals surface area contributed by atoms with Crippen molar-refractivity contribution in [2.75, 3.05) is 20.2 Å². The van der Waals surface area contributed by atoms with Crippen molar-refractivity contribution in [3.05, 3.63) is 59.7 Å². The van der Waals surface area contributed by atoms with Crippen molar-refractivity contribution >= 4 is 0 Å². The molecule has 0 atom stereocenters. The van der Waals surface area contributed by atoms with E-state index in [0.29, 0.717) is 6.04 Å². The molecule has 0 saturated carbocycles. The highest BCUT2D eigenvalue weighted by atomic mass is 16.2. The number of fused-ring (bicyclic) bond motifs is 3. The molecule has 2 aromatic carbocycles. The Bertz CT molecular complexity index is 548. The Balaban J connectivity index is 1.94. The fourth-order valence-corrected chi connectivity index (χ4v) is 3.21. The van der Waals surface area contributed by atoms with Crippen molar-refractivity contribution in [1.29, 1.82) is 0 Å². The maximum atomic E-state index is 8.94. The molecule has 0 bridgehead atoms. The van der Waals surface area contributed by atoms with Crippen molar-refractivity contribution in [3.8, 4) is 11.1 Å². The van der Waals surface area contributed by atoms with Gasteiger partial charge in [-0.05, 0) is 48.7 Å². The maximum absolute atomic E-state index is 8.94. The molecule has 0 aromatic heterocycles. The molecule has 2 heteroatoms. The van der Waals surface area contributed by atoms with Crippen molar-refractivity contribution in [2.45, 2.75) is 18.9 Å². The SMILES string of the molecule is CN(CCCCO)C1c2ccccc2-c2ccccc21. The molecule has 0 radical (unpaired) electrons. The van der Waals surface area contributed by atoms with Gasteiger partial charge in [0, 0.05) is 6.61 Å². The first-order chi connectivity index (χ1) is 9.83. The molecule has 0 amide bonds. The lowest BCUT2D eigenvalue weighted by Crippen LogP contribution is -2.25. The predicted octanol–water partition coefficient (Wildman–Crippen LogP) is 3.46. The van der Waals surface area contributed by atoms with Gasteiger partial charge in [-0.2, -0.15) is 0 Å². The normalized spacial score (nSPS) is 13.6. The van der Waals surface area contributed by atoms with E-state index in [4.69, 9.17) is 5.11 Å². The standard InChI is InChI=1S/C18H21NO/c1-19(12-6-7-13-20)18-16-10-4-2-8-14(16)15-9-3-5-11-17(15)18/h2-5,8-11,18,20H,6-7,12-13H2,1H3. The third-order valence-electron chi connectivity index (χ3n) is 4.16. The minimum Gasteiger partial charge on any atom is -0.396 e. The van der Waals surface area contributed by atoms with Crippen molar-refractivity contribution in [2.24, 2.45) is 0 Å². The summed E-state index contributed by atoms with van der Waals surface area (Å²) in [7, 11) is 2.18. The van der Waals surface area contributed by atoms with Gasteiger partial charge in [0.15, 0.2) is 0 Å². The summed E-state index contributed by atoms with van der Waals surface area (Å²) in [6.07, 6.45) is 1.91. The molecule has 0 unspecified atom stereocenters. The summed E-state index contributed by atoms with van der Waals surface area (Å²) in [5, 5.41) is 8.94. The van der Waals surface area contributed by atoms with Crippen LogP contribution in [0, 0.1) is 0 Å². The van der Waals surface area contributed by atoms with Crippen LogP contribution in [0.5, 0.6) is 0 Å². The summed E-state index contributed by atoms with van der Waals surface area (Å²) in [5.41, 5.74) is 5.53. The van der Waals surface area contributed by atoms with Gasteiger partial charge >= 0.3 is 0 Å².